The van der Waals surface area contributed by atoms with E-state index in [4.69, 9.17) is 32.7 Å². The van der Waals surface area contributed by atoms with Gasteiger partial charge in [-0.25, -0.2) is 9.97 Å². The predicted molar refractivity (Wildman–Crippen MR) is 110 cm³/mol. The Labute approximate surface area is 195 Å². The average molecular weight is 505 g/mol. The lowest BCUT2D eigenvalue weighted by Crippen LogP contribution is -2.84. The fourth-order valence-corrected chi connectivity index (χ4v) is 4.40. The number of nitrogens with zero attached hydrogens (tertiary/aromatic N) is 2. The molecular formula is C20H17Cl2F3N4O4. The van der Waals surface area contributed by atoms with E-state index in [2.05, 4.69) is 20.6 Å². The van der Waals surface area contributed by atoms with Crippen LogP contribution in [0.15, 0.2) is 30.6 Å². The van der Waals surface area contributed by atoms with Gasteiger partial charge in [-0.05, 0) is 31.4 Å². The first-order chi connectivity index (χ1) is 15.5. The van der Waals surface area contributed by atoms with E-state index in [9.17, 15) is 22.8 Å². The Kier molecular flexibility index (Phi) is 6.04. The van der Waals surface area contributed by atoms with E-state index in [0.717, 1.165) is 6.20 Å². The van der Waals surface area contributed by atoms with Gasteiger partial charge in [-0.15, -0.1) is 0 Å². The fourth-order valence-electron chi connectivity index (χ4n) is 4.11. The molecule has 8 nitrogen and oxygen atoms in total. The highest BCUT2D eigenvalue weighted by molar-refractivity contribution is 6.42. The van der Waals surface area contributed by atoms with Crippen LogP contribution < -0.4 is 20.1 Å². The summed E-state index contributed by atoms with van der Waals surface area (Å²) in [6.07, 6.45) is -1.58. The van der Waals surface area contributed by atoms with Crippen molar-refractivity contribution in [1.82, 2.24) is 20.6 Å². The molecule has 2 aromatic rings. The van der Waals surface area contributed by atoms with E-state index in [-0.39, 0.29) is 23.9 Å². The zero-order chi connectivity index (χ0) is 23.9. The lowest BCUT2D eigenvalue weighted by molar-refractivity contribution is -0.151. The molecule has 0 aliphatic heterocycles. The van der Waals surface area contributed by atoms with Crippen molar-refractivity contribution >= 4 is 35.0 Å². The number of aromatic nitrogens is 2. The molecular weight excluding hydrogens is 488 g/mol. The SMILES string of the molecule is O=C(COc1ccc(Cl)c(Cl)c1)NC12CC(NC(=O)COc3cnc(C(F)(F)F)cn3)(C1)C2. The predicted octanol–water partition coefficient (Wildman–Crippen LogP) is 3.17. The topological polar surface area (TPSA) is 102 Å². The van der Waals surface area contributed by atoms with Gasteiger partial charge in [0.05, 0.1) is 22.4 Å². The first kappa shape index (κ1) is 23.4. The molecule has 0 spiro atoms. The van der Waals surface area contributed by atoms with Gasteiger partial charge in [0.25, 0.3) is 11.8 Å². The summed E-state index contributed by atoms with van der Waals surface area (Å²) in [5.74, 6) is -0.524. The second-order valence-corrected chi connectivity index (χ2v) is 8.89. The molecule has 3 aliphatic rings. The van der Waals surface area contributed by atoms with Gasteiger partial charge in [0.15, 0.2) is 18.9 Å². The molecule has 3 aliphatic carbocycles. The Morgan fingerprint density at radius 2 is 1.55 bits per heavy atom. The third kappa shape index (κ3) is 5.25. The van der Waals surface area contributed by atoms with Crippen LogP contribution >= 0.6 is 23.2 Å². The highest BCUT2D eigenvalue weighted by Crippen LogP contribution is 2.60. The smallest absolute Gasteiger partial charge is 0.434 e. The second-order valence-electron chi connectivity index (χ2n) is 8.08. The lowest BCUT2D eigenvalue weighted by atomic mass is 9.44. The minimum absolute atomic E-state index is 0.193. The molecule has 3 fully saturated rings. The summed E-state index contributed by atoms with van der Waals surface area (Å²) in [6, 6.07) is 4.69. The number of alkyl halides is 3. The Bertz CT molecular complexity index is 1060. The van der Waals surface area contributed by atoms with Crippen molar-refractivity contribution in [2.24, 2.45) is 0 Å². The molecule has 3 saturated carbocycles. The fraction of sp³-hybridized carbons (Fsp3) is 0.400. The lowest BCUT2D eigenvalue weighted by Gasteiger charge is -2.70. The van der Waals surface area contributed by atoms with Crippen LogP contribution in [-0.4, -0.2) is 46.1 Å². The average Bonchev–Trinajstić information content (AvgIpc) is 2.70. The molecule has 0 atom stereocenters. The molecule has 5 rings (SSSR count). The molecule has 2 bridgehead atoms. The molecule has 13 heteroatoms. The molecule has 0 unspecified atom stereocenters. The third-order valence-electron chi connectivity index (χ3n) is 5.37. The molecule has 2 N–H and O–H groups in total. The largest absolute Gasteiger partial charge is 0.484 e. The first-order valence-electron chi connectivity index (χ1n) is 9.70. The van der Waals surface area contributed by atoms with E-state index < -0.39 is 29.9 Å². The van der Waals surface area contributed by atoms with Gasteiger partial charge in [0.2, 0.25) is 5.88 Å². The maximum absolute atomic E-state index is 12.5. The summed E-state index contributed by atoms with van der Waals surface area (Å²) in [4.78, 5) is 31.0. The van der Waals surface area contributed by atoms with Crippen molar-refractivity contribution in [2.45, 2.75) is 36.5 Å². The monoisotopic (exact) mass is 504 g/mol. The van der Waals surface area contributed by atoms with Crippen molar-refractivity contribution in [3.63, 3.8) is 0 Å². The maximum atomic E-state index is 12.5. The summed E-state index contributed by atoms with van der Waals surface area (Å²) in [5.41, 5.74) is -1.96. The third-order valence-corrected chi connectivity index (χ3v) is 6.11. The van der Waals surface area contributed by atoms with E-state index >= 15 is 0 Å². The van der Waals surface area contributed by atoms with Gasteiger partial charge in [0.1, 0.15) is 5.75 Å². The van der Waals surface area contributed by atoms with Crippen LogP contribution in [0.3, 0.4) is 0 Å². The first-order valence-corrected chi connectivity index (χ1v) is 10.5. The summed E-state index contributed by atoms with van der Waals surface area (Å²) < 4.78 is 47.9. The Morgan fingerprint density at radius 1 is 0.939 bits per heavy atom. The number of hydrogen-bond donors (Lipinski definition) is 2. The number of rotatable bonds is 8. The second kappa shape index (κ2) is 8.53. The minimum atomic E-state index is -4.60. The van der Waals surface area contributed by atoms with Crippen molar-refractivity contribution in [3.05, 3.63) is 46.3 Å². The summed E-state index contributed by atoms with van der Waals surface area (Å²) in [7, 11) is 0. The van der Waals surface area contributed by atoms with Crippen LogP contribution in [0.5, 0.6) is 11.6 Å². The van der Waals surface area contributed by atoms with Crippen molar-refractivity contribution in [3.8, 4) is 11.6 Å². The zero-order valence-electron chi connectivity index (χ0n) is 16.8. The molecule has 2 amide bonds. The van der Waals surface area contributed by atoms with E-state index in [1.54, 1.807) is 12.1 Å². The molecule has 1 heterocycles. The van der Waals surface area contributed by atoms with Crippen LogP contribution in [0.25, 0.3) is 0 Å². The highest BCUT2D eigenvalue weighted by Gasteiger charge is 2.69. The number of ether oxygens (including phenoxy) is 2. The quantitative estimate of drug-likeness (QED) is 0.572. The van der Waals surface area contributed by atoms with E-state index in [1.165, 1.54) is 6.07 Å². The van der Waals surface area contributed by atoms with Gasteiger partial charge in [0, 0.05) is 17.1 Å². The van der Waals surface area contributed by atoms with Gasteiger partial charge in [-0.2, -0.15) is 13.2 Å². The van der Waals surface area contributed by atoms with Crippen LogP contribution in [0.4, 0.5) is 13.2 Å². The van der Waals surface area contributed by atoms with Crippen molar-refractivity contribution < 1.29 is 32.2 Å². The van der Waals surface area contributed by atoms with Crippen LogP contribution in [-0.2, 0) is 15.8 Å². The van der Waals surface area contributed by atoms with Crippen molar-refractivity contribution in [1.29, 1.82) is 0 Å². The number of amides is 2. The molecule has 33 heavy (non-hydrogen) atoms. The number of carbonyl (C=O) groups is 2. The minimum Gasteiger partial charge on any atom is -0.484 e. The number of halogens is 5. The summed E-state index contributed by atoms with van der Waals surface area (Å²) >= 11 is 11.7. The molecule has 0 saturated heterocycles. The number of carbonyl (C=O) groups excluding carboxylic acids is 2. The standard InChI is InChI=1S/C20H17Cl2F3N4O4/c21-12-2-1-11(3-13(12)22)32-6-15(30)28-18-8-19(9-18,10-18)29-16(31)7-33-17-5-26-14(4-27-17)20(23,24)25/h1-5H,6-10H2,(H,28,30)(H,29,31). The molecule has 1 aromatic carbocycles. The highest BCUT2D eigenvalue weighted by atomic mass is 35.5. The Balaban J connectivity index is 1.16. The molecule has 176 valence electrons. The van der Waals surface area contributed by atoms with Crippen molar-refractivity contribution in [2.75, 3.05) is 13.2 Å². The molecule has 0 radical (unpaired) electrons. The molecule has 1 aromatic heterocycles. The Morgan fingerprint density at radius 3 is 2.06 bits per heavy atom. The maximum Gasteiger partial charge on any atom is 0.434 e. The van der Waals surface area contributed by atoms with Gasteiger partial charge < -0.3 is 20.1 Å². The number of benzene rings is 1. The summed E-state index contributed by atoms with van der Waals surface area (Å²) in [5, 5.41) is 6.44. The van der Waals surface area contributed by atoms with E-state index in [0.29, 0.717) is 41.3 Å². The summed E-state index contributed by atoms with van der Waals surface area (Å²) in [6.45, 7) is -0.611. The van der Waals surface area contributed by atoms with Crippen LogP contribution in [0.2, 0.25) is 10.0 Å². The van der Waals surface area contributed by atoms with Gasteiger partial charge in [-0.1, -0.05) is 23.2 Å². The Hall–Kier alpha value is -2.79. The van der Waals surface area contributed by atoms with Crippen LogP contribution in [0.1, 0.15) is 25.0 Å². The van der Waals surface area contributed by atoms with E-state index in [1.807, 2.05) is 0 Å². The van der Waals surface area contributed by atoms with Gasteiger partial charge in [-0.3, -0.25) is 9.59 Å². The number of nitrogens with one attached hydrogen (secondary N) is 2. The zero-order valence-corrected chi connectivity index (χ0v) is 18.4. The number of hydrogen-bond acceptors (Lipinski definition) is 6. The van der Waals surface area contributed by atoms with Crippen LogP contribution in [0, 0.1) is 0 Å². The van der Waals surface area contributed by atoms with Gasteiger partial charge >= 0.3 is 6.18 Å². The normalized spacial score (nSPS) is 23.1.